The van der Waals surface area contributed by atoms with E-state index in [2.05, 4.69) is 12.2 Å². The molecule has 0 spiro atoms. The fraction of sp³-hybridized carbons (Fsp3) is 0.818. The van der Waals surface area contributed by atoms with Crippen LogP contribution in [0.15, 0.2) is 0 Å². The number of nitrogens with one attached hydrogen (secondary N) is 1. The zero-order valence-electron chi connectivity index (χ0n) is 9.57. The van der Waals surface area contributed by atoms with E-state index in [9.17, 15) is 9.59 Å². The largest absolute Gasteiger partial charge is 0.314 e. The van der Waals surface area contributed by atoms with Crippen molar-refractivity contribution in [3.05, 3.63) is 0 Å². The topological polar surface area (TPSA) is 49.4 Å². The molecule has 1 heterocycles. The van der Waals surface area contributed by atoms with E-state index >= 15 is 0 Å². The molecule has 1 N–H and O–H groups in total. The van der Waals surface area contributed by atoms with Gasteiger partial charge in [0.15, 0.2) is 0 Å². The summed E-state index contributed by atoms with van der Waals surface area (Å²) in [6.45, 7) is 3.53. The molecule has 4 nitrogen and oxygen atoms in total. The van der Waals surface area contributed by atoms with Crippen molar-refractivity contribution in [2.45, 2.75) is 32.2 Å². The van der Waals surface area contributed by atoms with Gasteiger partial charge in [-0.2, -0.15) is 0 Å². The summed E-state index contributed by atoms with van der Waals surface area (Å²) in [5.41, 5.74) is 0. The standard InChI is InChI=1S/C11H18N2O2S/c1-8(6-12-9-2-3-9)7-13-10(14)4-5-16-11(13)15/h8-9,12H,2-7H2,1H3. The van der Waals surface area contributed by atoms with Crippen LogP contribution in [0.1, 0.15) is 26.2 Å². The van der Waals surface area contributed by atoms with Crippen LogP contribution in [0.4, 0.5) is 4.79 Å². The van der Waals surface area contributed by atoms with Crippen molar-refractivity contribution in [3.8, 4) is 0 Å². The summed E-state index contributed by atoms with van der Waals surface area (Å²) in [5.74, 6) is 0.970. The predicted octanol–water partition coefficient (Wildman–Crippen LogP) is 1.46. The molecule has 2 aliphatic rings. The van der Waals surface area contributed by atoms with Gasteiger partial charge < -0.3 is 5.32 Å². The smallest absolute Gasteiger partial charge is 0.288 e. The first-order valence-corrected chi connectivity index (χ1v) is 6.86. The summed E-state index contributed by atoms with van der Waals surface area (Å²) >= 11 is 1.25. The highest BCUT2D eigenvalue weighted by Crippen LogP contribution is 2.21. The Balaban J connectivity index is 1.76. The summed E-state index contributed by atoms with van der Waals surface area (Å²) in [4.78, 5) is 24.5. The minimum Gasteiger partial charge on any atom is -0.314 e. The summed E-state index contributed by atoms with van der Waals surface area (Å²) in [5, 5.41) is 3.35. The lowest BCUT2D eigenvalue weighted by Crippen LogP contribution is -2.42. The van der Waals surface area contributed by atoms with Gasteiger partial charge in [-0.15, -0.1) is 0 Å². The lowest BCUT2D eigenvalue weighted by atomic mass is 10.1. The molecule has 1 saturated heterocycles. The van der Waals surface area contributed by atoms with Crippen molar-refractivity contribution in [3.63, 3.8) is 0 Å². The number of rotatable bonds is 5. The molecule has 90 valence electrons. The van der Waals surface area contributed by atoms with Gasteiger partial charge in [-0.25, -0.2) is 0 Å². The first-order valence-electron chi connectivity index (χ1n) is 5.87. The monoisotopic (exact) mass is 242 g/mol. The van der Waals surface area contributed by atoms with Gasteiger partial charge in [-0.3, -0.25) is 14.5 Å². The second kappa shape index (κ2) is 5.19. The molecule has 1 aliphatic heterocycles. The molecule has 0 aromatic carbocycles. The van der Waals surface area contributed by atoms with Crippen molar-refractivity contribution in [2.75, 3.05) is 18.8 Å². The molecule has 5 heteroatoms. The van der Waals surface area contributed by atoms with E-state index in [1.807, 2.05) is 0 Å². The number of hydrogen-bond donors (Lipinski definition) is 1. The molecule has 1 aliphatic carbocycles. The quantitative estimate of drug-likeness (QED) is 0.793. The maximum absolute atomic E-state index is 11.6. The maximum Gasteiger partial charge on any atom is 0.288 e. The van der Waals surface area contributed by atoms with Gasteiger partial charge in [-0.1, -0.05) is 18.7 Å². The molecule has 1 unspecified atom stereocenters. The van der Waals surface area contributed by atoms with Crippen molar-refractivity contribution in [1.29, 1.82) is 0 Å². The van der Waals surface area contributed by atoms with Crippen LogP contribution in [0.25, 0.3) is 0 Å². The molecule has 0 radical (unpaired) electrons. The highest BCUT2D eigenvalue weighted by atomic mass is 32.2. The first kappa shape index (κ1) is 11.9. The van der Waals surface area contributed by atoms with Gasteiger partial charge in [0.1, 0.15) is 0 Å². The van der Waals surface area contributed by atoms with Crippen LogP contribution in [0, 0.1) is 5.92 Å². The Hall–Kier alpha value is -0.550. The third-order valence-electron chi connectivity index (χ3n) is 2.89. The van der Waals surface area contributed by atoms with E-state index in [-0.39, 0.29) is 11.1 Å². The third kappa shape index (κ3) is 3.22. The van der Waals surface area contributed by atoms with Crippen molar-refractivity contribution in [1.82, 2.24) is 10.2 Å². The molecule has 0 aromatic heterocycles. The van der Waals surface area contributed by atoms with E-state index in [1.54, 1.807) is 0 Å². The zero-order valence-corrected chi connectivity index (χ0v) is 10.4. The molecule has 0 bridgehead atoms. The maximum atomic E-state index is 11.6. The zero-order chi connectivity index (χ0) is 11.5. The predicted molar refractivity (Wildman–Crippen MR) is 64.4 cm³/mol. The van der Waals surface area contributed by atoms with Crippen LogP contribution in [0.2, 0.25) is 0 Å². The normalized spacial score (nSPS) is 23.7. The second-order valence-electron chi connectivity index (χ2n) is 4.66. The number of hydrogen-bond acceptors (Lipinski definition) is 4. The fourth-order valence-electron chi connectivity index (χ4n) is 1.75. The molecular weight excluding hydrogens is 224 g/mol. The lowest BCUT2D eigenvalue weighted by molar-refractivity contribution is -0.128. The Labute approximate surface area is 100 Å². The summed E-state index contributed by atoms with van der Waals surface area (Å²) < 4.78 is 0. The van der Waals surface area contributed by atoms with Gasteiger partial charge in [0, 0.05) is 24.8 Å². The minimum absolute atomic E-state index is 0.0120. The number of carbonyl (C=O) groups is 2. The van der Waals surface area contributed by atoms with Crippen LogP contribution >= 0.6 is 11.8 Å². The Morgan fingerprint density at radius 3 is 2.88 bits per heavy atom. The van der Waals surface area contributed by atoms with Crippen molar-refractivity contribution in [2.24, 2.45) is 5.92 Å². The first-order chi connectivity index (χ1) is 7.66. The van der Waals surface area contributed by atoms with E-state index in [0.717, 1.165) is 6.54 Å². The minimum atomic E-state index is -0.0745. The number of amides is 2. The highest BCUT2D eigenvalue weighted by Gasteiger charge is 2.28. The van der Waals surface area contributed by atoms with Gasteiger partial charge >= 0.3 is 0 Å². The Kier molecular flexibility index (Phi) is 3.86. The Morgan fingerprint density at radius 1 is 1.50 bits per heavy atom. The van der Waals surface area contributed by atoms with Crippen LogP contribution in [-0.2, 0) is 4.79 Å². The summed E-state index contributed by atoms with van der Waals surface area (Å²) in [6.07, 6.45) is 3.04. The van der Waals surface area contributed by atoms with Crippen molar-refractivity contribution >= 4 is 22.9 Å². The van der Waals surface area contributed by atoms with Gasteiger partial charge in [0.05, 0.1) is 0 Å². The molecule has 16 heavy (non-hydrogen) atoms. The molecule has 1 atom stereocenters. The number of nitrogens with zero attached hydrogens (tertiary/aromatic N) is 1. The molecule has 2 amide bonds. The summed E-state index contributed by atoms with van der Waals surface area (Å²) in [6, 6.07) is 0.685. The Morgan fingerprint density at radius 2 is 2.25 bits per heavy atom. The number of thioether (sulfide) groups is 1. The average molecular weight is 242 g/mol. The molecule has 2 rings (SSSR count). The number of imide groups is 1. The SMILES string of the molecule is CC(CNC1CC1)CN1C(=O)CCSC1=O. The Bertz CT molecular complexity index is 276. The molecule has 2 fully saturated rings. The molecule has 0 aromatic rings. The lowest BCUT2D eigenvalue weighted by Gasteiger charge is -2.27. The van der Waals surface area contributed by atoms with Crippen LogP contribution < -0.4 is 5.32 Å². The number of carbonyl (C=O) groups excluding carboxylic acids is 2. The van der Waals surface area contributed by atoms with E-state index in [0.29, 0.717) is 30.7 Å². The van der Waals surface area contributed by atoms with E-state index < -0.39 is 0 Å². The van der Waals surface area contributed by atoms with Crippen molar-refractivity contribution < 1.29 is 9.59 Å². The second-order valence-corrected chi connectivity index (χ2v) is 5.70. The highest BCUT2D eigenvalue weighted by molar-refractivity contribution is 8.13. The summed E-state index contributed by atoms with van der Waals surface area (Å²) in [7, 11) is 0. The molecule has 1 saturated carbocycles. The van der Waals surface area contributed by atoms with Gasteiger partial charge in [0.2, 0.25) is 5.91 Å². The van der Waals surface area contributed by atoms with E-state index in [1.165, 1.54) is 29.5 Å². The van der Waals surface area contributed by atoms with Gasteiger partial charge in [-0.05, 0) is 25.3 Å². The molecular formula is C11H18N2O2S. The van der Waals surface area contributed by atoms with Crippen LogP contribution in [0.3, 0.4) is 0 Å². The van der Waals surface area contributed by atoms with E-state index in [4.69, 9.17) is 0 Å². The average Bonchev–Trinajstić information content (AvgIpc) is 3.04. The van der Waals surface area contributed by atoms with Crippen LogP contribution in [-0.4, -0.2) is 40.9 Å². The van der Waals surface area contributed by atoms with Gasteiger partial charge in [0.25, 0.3) is 5.24 Å². The third-order valence-corrected chi connectivity index (χ3v) is 3.77. The fourth-order valence-corrected chi connectivity index (χ4v) is 2.53. The van der Waals surface area contributed by atoms with Crippen LogP contribution in [0.5, 0.6) is 0 Å².